The molecule has 0 bridgehead atoms. The van der Waals surface area contributed by atoms with Crippen LogP contribution in [0.5, 0.6) is 0 Å². The van der Waals surface area contributed by atoms with E-state index in [1.54, 1.807) is 5.56 Å². The summed E-state index contributed by atoms with van der Waals surface area (Å²) in [4.78, 5) is 0. The van der Waals surface area contributed by atoms with Crippen molar-refractivity contribution in [3.8, 4) is 0 Å². The maximum atomic E-state index is 9.93. The summed E-state index contributed by atoms with van der Waals surface area (Å²) in [7, 11) is 0.667. The Labute approximate surface area is 145 Å². The summed E-state index contributed by atoms with van der Waals surface area (Å²) in [5, 5.41) is 0.877. The van der Waals surface area contributed by atoms with E-state index in [9.17, 15) is 16.9 Å². The molecule has 1 saturated heterocycles. The SMILES string of the molecule is CCCC[S+]1CCCC1c1ccc(C)cc1C.[F][Sb-]([F])([F])([F])([F])[F]. The molecule has 1 aromatic carbocycles. The van der Waals surface area contributed by atoms with Gasteiger partial charge in [-0.05, 0) is 43.1 Å². The summed E-state index contributed by atoms with van der Waals surface area (Å²) in [5.41, 5.74) is 4.57. The molecule has 0 nitrogen and oxygen atoms in total. The van der Waals surface area contributed by atoms with E-state index < -0.39 is 19.5 Å². The molecule has 0 N–H and O–H groups in total. The van der Waals surface area contributed by atoms with E-state index in [1.807, 2.05) is 0 Å². The average molecular weight is 485 g/mol. The van der Waals surface area contributed by atoms with Crippen LogP contribution in [0.1, 0.15) is 54.5 Å². The zero-order valence-corrected chi connectivity index (χ0v) is 17.5. The number of aryl methyl sites for hydroxylation is 2. The van der Waals surface area contributed by atoms with Crippen LogP contribution < -0.4 is 0 Å². The van der Waals surface area contributed by atoms with Gasteiger partial charge in [-0.2, -0.15) is 0 Å². The second kappa shape index (κ2) is 7.30. The van der Waals surface area contributed by atoms with Crippen LogP contribution >= 0.6 is 0 Å². The van der Waals surface area contributed by atoms with Gasteiger partial charge in [-0.3, -0.25) is 0 Å². The van der Waals surface area contributed by atoms with Gasteiger partial charge >= 0.3 is 36.4 Å². The van der Waals surface area contributed by atoms with Gasteiger partial charge in [0.15, 0.2) is 0 Å². The van der Waals surface area contributed by atoms with Gasteiger partial charge < -0.3 is 0 Å². The van der Waals surface area contributed by atoms with E-state index in [2.05, 4.69) is 39.0 Å². The number of unbranched alkanes of at least 4 members (excludes halogenated alkanes) is 1. The van der Waals surface area contributed by atoms with Crippen molar-refractivity contribution in [2.45, 2.75) is 51.7 Å². The molecule has 0 spiro atoms. The van der Waals surface area contributed by atoms with E-state index in [0.29, 0.717) is 10.9 Å². The summed E-state index contributed by atoms with van der Waals surface area (Å²) in [5.74, 6) is 2.95. The van der Waals surface area contributed by atoms with Crippen LogP contribution in [-0.4, -0.2) is 31.0 Å². The van der Waals surface area contributed by atoms with Crippen LogP contribution in [0, 0.1) is 13.8 Å². The van der Waals surface area contributed by atoms with Crippen LogP contribution in [-0.2, 0) is 10.9 Å². The first-order valence-electron chi connectivity index (χ1n) is 7.97. The molecule has 0 aliphatic carbocycles. The zero-order valence-electron chi connectivity index (χ0n) is 14.2. The minimum atomic E-state index is -11.2. The molecule has 1 fully saturated rings. The molecule has 2 rings (SSSR count). The average Bonchev–Trinajstić information content (AvgIpc) is 2.80. The second-order valence-corrected chi connectivity index (χ2v) is 14.2. The van der Waals surface area contributed by atoms with Crippen molar-refractivity contribution in [1.29, 1.82) is 0 Å². The van der Waals surface area contributed by atoms with Gasteiger partial charge in [0.25, 0.3) is 0 Å². The van der Waals surface area contributed by atoms with Gasteiger partial charge in [0.2, 0.25) is 0 Å². The molecule has 1 heterocycles. The molecule has 1 aliphatic rings. The quantitative estimate of drug-likeness (QED) is 0.253. The van der Waals surface area contributed by atoms with Crippen molar-refractivity contribution in [2.24, 2.45) is 0 Å². The first kappa shape index (κ1) is 22.0. The van der Waals surface area contributed by atoms with Gasteiger partial charge in [0.05, 0.1) is 0 Å². The fourth-order valence-electron chi connectivity index (χ4n) is 2.86. The third-order valence-electron chi connectivity index (χ3n) is 3.81. The number of hydrogen-bond donors (Lipinski definition) is 0. The molecule has 1 aliphatic heterocycles. The topological polar surface area (TPSA) is 0 Å². The maximum absolute atomic E-state index is 11.2. The summed E-state index contributed by atoms with van der Waals surface area (Å²) < 4.78 is 59.6. The van der Waals surface area contributed by atoms with E-state index in [0.717, 1.165) is 5.25 Å². The Kier molecular flexibility index (Phi) is 6.69. The molecule has 0 radical (unpaired) electrons. The van der Waals surface area contributed by atoms with Crippen LogP contribution in [0.4, 0.5) is 16.9 Å². The van der Waals surface area contributed by atoms with Crippen molar-refractivity contribution in [1.82, 2.24) is 0 Å². The number of benzene rings is 1. The zero-order chi connectivity index (χ0) is 18.7. The molecule has 0 amide bonds. The van der Waals surface area contributed by atoms with Crippen LogP contribution in [0.3, 0.4) is 0 Å². The molecule has 142 valence electrons. The Bertz CT molecular complexity index is 543. The standard InChI is InChI=1S/C16H25S.6FH.Sb/c1-4-5-10-17-11-6-7-16(17)15-9-8-13(2)12-14(15)3;;;;;;;/h8-9,12,16H,4-7,10-11H2,1-3H3;6*1H;/q+1;;;;;;;+5/p-6. The Balaban J connectivity index is 0.000000351. The van der Waals surface area contributed by atoms with Gasteiger partial charge in [-0.15, -0.1) is 0 Å². The molecule has 8 heteroatoms. The van der Waals surface area contributed by atoms with Gasteiger partial charge in [0.1, 0.15) is 16.8 Å². The Morgan fingerprint density at radius 1 is 1.08 bits per heavy atom. The third-order valence-corrected chi connectivity index (χ3v) is 6.73. The second-order valence-electron chi connectivity index (χ2n) is 6.25. The number of halogens is 6. The van der Waals surface area contributed by atoms with Crippen molar-refractivity contribution in [2.75, 3.05) is 11.5 Å². The fraction of sp³-hybridized carbons (Fsp3) is 0.625. The van der Waals surface area contributed by atoms with Gasteiger partial charge in [-0.25, -0.2) is 0 Å². The first-order chi connectivity index (χ1) is 10.7. The van der Waals surface area contributed by atoms with Crippen LogP contribution in [0.15, 0.2) is 18.2 Å². The molecule has 0 saturated carbocycles. The monoisotopic (exact) mass is 484 g/mol. The Hall–Kier alpha value is -0.0318. The van der Waals surface area contributed by atoms with Crippen molar-refractivity contribution in [3.05, 3.63) is 34.9 Å². The van der Waals surface area contributed by atoms with Crippen molar-refractivity contribution >= 4 is 30.4 Å². The molecule has 0 aromatic heterocycles. The van der Waals surface area contributed by atoms with E-state index in [4.69, 9.17) is 0 Å². The normalized spacial score (nSPS) is 23.9. The van der Waals surface area contributed by atoms with E-state index >= 15 is 0 Å². The molecule has 1 aromatic rings. The minimum absolute atomic E-state index is 0.667. The van der Waals surface area contributed by atoms with Crippen LogP contribution in [0.25, 0.3) is 0 Å². The first-order valence-corrected chi connectivity index (χ1v) is 15.4. The van der Waals surface area contributed by atoms with E-state index in [-0.39, 0.29) is 0 Å². The Morgan fingerprint density at radius 3 is 2.17 bits per heavy atom. The molecular weight excluding hydrogens is 460 g/mol. The van der Waals surface area contributed by atoms with Gasteiger partial charge in [0, 0.05) is 12.0 Å². The fourth-order valence-corrected chi connectivity index (χ4v) is 5.95. The predicted octanol–water partition coefficient (Wildman–Crippen LogP) is 6.70. The summed E-state index contributed by atoms with van der Waals surface area (Å²) in [6, 6.07) is 7.05. The number of rotatable bonds is 4. The van der Waals surface area contributed by atoms with Crippen molar-refractivity contribution < 1.29 is 16.9 Å². The molecule has 2 atom stereocenters. The van der Waals surface area contributed by atoms with Crippen molar-refractivity contribution in [3.63, 3.8) is 0 Å². The van der Waals surface area contributed by atoms with Crippen LogP contribution in [0.2, 0.25) is 0 Å². The number of hydrogen-bond acceptors (Lipinski definition) is 0. The van der Waals surface area contributed by atoms with E-state index in [1.165, 1.54) is 48.3 Å². The Morgan fingerprint density at radius 2 is 1.67 bits per heavy atom. The van der Waals surface area contributed by atoms with Gasteiger partial charge in [-0.1, -0.05) is 37.1 Å². The third kappa shape index (κ3) is 10.1. The summed E-state index contributed by atoms with van der Waals surface area (Å²) >= 11 is -11.2. The molecule has 2 unspecified atom stereocenters. The predicted molar refractivity (Wildman–Crippen MR) is 92.3 cm³/mol. The summed E-state index contributed by atoms with van der Waals surface area (Å²) in [6.45, 7) is 6.80. The summed E-state index contributed by atoms with van der Waals surface area (Å²) in [6.07, 6.45) is 5.65. The molecule has 24 heavy (non-hydrogen) atoms. The molecular formula is C16H25F6SSb.